The number of nitrogens with zero attached hydrogens (tertiary/aromatic N) is 3. The second-order valence-corrected chi connectivity index (χ2v) is 14.2. The molecule has 4 fully saturated rings. The van der Waals surface area contributed by atoms with Crippen LogP contribution in [0.2, 0.25) is 5.02 Å². The highest BCUT2D eigenvalue weighted by atomic mass is 35.5. The van der Waals surface area contributed by atoms with E-state index < -0.39 is 0 Å². The Bertz CT molecular complexity index is 954. The molecule has 3 saturated heterocycles. The molecule has 0 bridgehead atoms. The molecular formula is C36H61ClN4O4. The van der Waals surface area contributed by atoms with E-state index in [1.54, 1.807) is 4.90 Å². The van der Waals surface area contributed by atoms with Crippen molar-refractivity contribution in [2.45, 2.75) is 110 Å². The number of hydrogen-bond acceptors (Lipinski definition) is 5. The molecule has 3 aliphatic heterocycles. The normalized spacial score (nSPS) is 23.4. The van der Waals surface area contributed by atoms with Gasteiger partial charge in [0.05, 0.1) is 19.1 Å². The summed E-state index contributed by atoms with van der Waals surface area (Å²) >= 11 is 5.54. The monoisotopic (exact) mass is 648 g/mol. The smallest absolute Gasteiger partial charge is 0.227 e. The second kappa shape index (κ2) is 21.6. The fraction of sp³-hybridized carbons (Fsp3) is 0.750. The largest absolute Gasteiger partial charge is 0.378 e. The third-order valence-electron chi connectivity index (χ3n) is 8.97. The number of hydrogen-bond donors (Lipinski definition) is 1. The van der Waals surface area contributed by atoms with Crippen molar-refractivity contribution in [3.63, 3.8) is 0 Å². The summed E-state index contributed by atoms with van der Waals surface area (Å²) in [6, 6.07) is 9.91. The molecule has 1 saturated carbocycles. The summed E-state index contributed by atoms with van der Waals surface area (Å²) in [4.78, 5) is 39.9. The van der Waals surface area contributed by atoms with Gasteiger partial charge in [0.1, 0.15) is 0 Å². The summed E-state index contributed by atoms with van der Waals surface area (Å²) in [5.74, 6) is 1.78. The van der Waals surface area contributed by atoms with Crippen LogP contribution in [0.3, 0.4) is 0 Å². The molecular weight excluding hydrogens is 588 g/mol. The standard InChI is InChI=1S/C13H24N2O.C12H23NO.C6H5Cl.C5H9NO2/c1-13(2,3)15-9-6-11(10-15)12(16)14-7-4-5-8-14;1-3-4-5-12(14)13-11-8-6-10(2)7-9-11;7-6-4-2-1-3-5-6;7-5-6-1-3-8-4-2-6/h11H,4-10H2,1-3H3;10-11H,3-9H2,1-2H3,(H,13,14);1-5H;5H,1-4H2/t11-;;;/m0.../s1. The van der Waals surface area contributed by atoms with Crippen LogP contribution in [0.25, 0.3) is 0 Å². The zero-order valence-electron chi connectivity index (χ0n) is 28.8. The molecule has 1 aromatic carbocycles. The third-order valence-corrected chi connectivity index (χ3v) is 9.22. The van der Waals surface area contributed by atoms with Gasteiger partial charge in [-0.1, -0.05) is 50.1 Å². The van der Waals surface area contributed by atoms with Crippen molar-refractivity contribution in [3.8, 4) is 0 Å². The number of amides is 3. The molecule has 1 atom stereocenters. The fourth-order valence-corrected chi connectivity index (χ4v) is 6.05. The highest BCUT2D eigenvalue weighted by Crippen LogP contribution is 2.27. The molecule has 1 aliphatic carbocycles. The van der Waals surface area contributed by atoms with Gasteiger partial charge in [-0.25, -0.2) is 0 Å². The van der Waals surface area contributed by atoms with Crippen molar-refractivity contribution in [1.29, 1.82) is 0 Å². The first-order valence-corrected chi connectivity index (χ1v) is 17.7. The lowest BCUT2D eigenvalue weighted by molar-refractivity contribution is -0.134. The van der Waals surface area contributed by atoms with Gasteiger partial charge in [0.2, 0.25) is 18.2 Å². The van der Waals surface area contributed by atoms with Crippen LogP contribution in [-0.4, -0.2) is 97.0 Å². The van der Waals surface area contributed by atoms with Crippen molar-refractivity contribution in [2.24, 2.45) is 11.8 Å². The molecule has 8 nitrogen and oxygen atoms in total. The van der Waals surface area contributed by atoms with Crippen LogP contribution in [-0.2, 0) is 19.1 Å². The predicted molar refractivity (Wildman–Crippen MR) is 184 cm³/mol. The molecule has 256 valence electrons. The predicted octanol–water partition coefficient (Wildman–Crippen LogP) is 6.42. The van der Waals surface area contributed by atoms with Gasteiger partial charge in [0.25, 0.3) is 0 Å². The van der Waals surface area contributed by atoms with Gasteiger partial charge in [-0.3, -0.25) is 19.3 Å². The van der Waals surface area contributed by atoms with E-state index in [1.807, 2.05) is 30.3 Å². The molecule has 0 spiro atoms. The number of morpholine rings is 1. The maximum atomic E-state index is 12.2. The van der Waals surface area contributed by atoms with Crippen molar-refractivity contribution in [2.75, 3.05) is 52.5 Å². The molecule has 9 heteroatoms. The third kappa shape index (κ3) is 16.3. The highest BCUT2D eigenvalue weighted by molar-refractivity contribution is 6.30. The Hall–Kier alpha value is -2.16. The van der Waals surface area contributed by atoms with Gasteiger partial charge in [0.15, 0.2) is 0 Å². The van der Waals surface area contributed by atoms with E-state index >= 15 is 0 Å². The van der Waals surface area contributed by atoms with Crippen molar-refractivity contribution in [3.05, 3.63) is 35.4 Å². The number of ether oxygens (including phenoxy) is 1. The summed E-state index contributed by atoms with van der Waals surface area (Å²) in [6.45, 7) is 18.0. The van der Waals surface area contributed by atoms with E-state index in [4.69, 9.17) is 16.3 Å². The Morgan fingerprint density at radius 2 is 1.58 bits per heavy atom. The highest BCUT2D eigenvalue weighted by Gasteiger charge is 2.36. The number of halogens is 1. The van der Waals surface area contributed by atoms with Gasteiger partial charge < -0.3 is 19.9 Å². The number of likely N-dealkylation sites (tertiary alicyclic amines) is 2. The van der Waals surface area contributed by atoms with E-state index in [-0.39, 0.29) is 17.4 Å². The van der Waals surface area contributed by atoms with Crippen molar-refractivity contribution in [1.82, 2.24) is 20.0 Å². The molecule has 1 aromatic rings. The molecule has 3 amide bonds. The Morgan fingerprint density at radius 1 is 0.956 bits per heavy atom. The van der Waals surface area contributed by atoms with Crippen LogP contribution < -0.4 is 5.32 Å². The summed E-state index contributed by atoms with van der Waals surface area (Å²) in [6.07, 6.45) is 12.1. The Kier molecular flexibility index (Phi) is 18.7. The molecule has 1 N–H and O–H groups in total. The quantitative estimate of drug-likeness (QED) is 0.360. The van der Waals surface area contributed by atoms with E-state index in [9.17, 15) is 14.4 Å². The van der Waals surface area contributed by atoms with Crippen LogP contribution in [0.15, 0.2) is 30.3 Å². The Labute approximate surface area is 278 Å². The minimum atomic E-state index is 0.208. The number of nitrogens with one attached hydrogen (secondary N) is 1. The maximum Gasteiger partial charge on any atom is 0.227 e. The lowest BCUT2D eigenvalue weighted by Gasteiger charge is -2.31. The number of carbonyl (C=O) groups excluding carboxylic acids is 3. The molecule has 5 rings (SSSR count). The molecule has 45 heavy (non-hydrogen) atoms. The van der Waals surface area contributed by atoms with E-state index in [0.717, 1.165) is 75.9 Å². The van der Waals surface area contributed by atoms with Crippen molar-refractivity contribution < 1.29 is 19.1 Å². The topological polar surface area (TPSA) is 82.2 Å². The van der Waals surface area contributed by atoms with Crippen LogP contribution in [0, 0.1) is 11.8 Å². The zero-order valence-corrected chi connectivity index (χ0v) is 29.5. The summed E-state index contributed by atoms with van der Waals surface area (Å²) in [7, 11) is 0. The van der Waals surface area contributed by atoms with Gasteiger partial charge in [-0.2, -0.15) is 0 Å². The SMILES string of the molecule is CC(C)(C)N1CC[C@H](C(=O)N2CCCC2)C1.CCCCC(=O)NC1CCC(C)CC1.Clc1ccccc1.O=CN1CCOCC1. The summed E-state index contributed by atoms with van der Waals surface area (Å²) in [5.41, 5.74) is 0.208. The molecule has 0 aromatic heterocycles. The van der Waals surface area contributed by atoms with Gasteiger partial charge in [-0.15, -0.1) is 0 Å². The van der Waals surface area contributed by atoms with Crippen LogP contribution in [0.5, 0.6) is 0 Å². The number of unbranched alkanes of at least 4 members (excludes halogenated alkanes) is 1. The average molecular weight is 649 g/mol. The average Bonchev–Trinajstić information content (AvgIpc) is 3.76. The first-order valence-electron chi connectivity index (χ1n) is 17.3. The molecule has 0 unspecified atom stereocenters. The van der Waals surface area contributed by atoms with Gasteiger partial charge >= 0.3 is 0 Å². The number of rotatable bonds is 6. The zero-order chi connectivity index (χ0) is 33.1. The van der Waals surface area contributed by atoms with E-state index in [0.29, 0.717) is 31.6 Å². The van der Waals surface area contributed by atoms with Crippen LogP contribution in [0.4, 0.5) is 0 Å². The second-order valence-electron chi connectivity index (χ2n) is 13.8. The Morgan fingerprint density at radius 3 is 2.04 bits per heavy atom. The minimum absolute atomic E-state index is 0.208. The first kappa shape index (κ1) is 39.0. The van der Waals surface area contributed by atoms with E-state index in [1.165, 1.54) is 38.5 Å². The lowest BCUT2D eigenvalue weighted by atomic mass is 9.87. The number of carbonyl (C=O) groups is 3. The van der Waals surface area contributed by atoms with E-state index in [2.05, 4.69) is 49.7 Å². The van der Waals surface area contributed by atoms with Crippen LogP contribution >= 0.6 is 11.6 Å². The van der Waals surface area contributed by atoms with Crippen molar-refractivity contribution >= 4 is 29.8 Å². The summed E-state index contributed by atoms with van der Waals surface area (Å²) in [5, 5.41) is 3.93. The van der Waals surface area contributed by atoms with Crippen LogP contribution in [0.1, 0.15) is 98.8 Å². The molecule has 4 aliphatic rings. The maximum absolute atomic E-state index is 12.2. The Balaban J connectivity index is 0.000000221. The van der Waals surface area contributed by atoms with Gasteiger partial charge in [0, 0.05) is 55.7 Å². The minimum Gasteiger partial charge on any atom is -0.378 e. The fourth-order valence-electron chi connectivity index (χ4n) is 5.91. The van der Waals surface area contributed by atoms with Gasteiger partial charge in [-0.05, 0) is 96.7 Å². The molecule has 3 heterocycles. The number of benzene rings is 1. The summed E-state index contributed by atoms with van der Waals surface area (Å²) < 4.78 is 5.00. The lowest BCUT2D eigenvalue weighted by Crippen LogP contribution is -2.41. The molecule has 0 radical (unpaired) electrons. The first-order chi connectivity index (χ1) is 21.5.